The minimum atomic E-state index is -1.46. The van der Waals surface area contributed by atoms with Crippen molar-refractivity contribution in [1.29, 1.82) is 0 Å². The summed E-state index contributed by atoms with van der Waals surface area (Å²) in [6.45, 7) is 5.31. The second-order valence-corrected chi connectivity index (χ2v) is 7.49. The van der Waals surface area contributed by atoms with Crippen molar-refractivity contribution >= 4 is 28.9 Å². The van der Waals surface area contributed by atoms with Crippen molar-refractivity contribution < 1.29 is 14.5 Å². The van der Waals surface area contributed by atoms with Crippen molar-refractivity contribution in [1.82, 2.24) is 9.71 Å². The first kappa shape index (κ1) is 16.2. The summed E-state index contributed by atoms with van der Waals surface area (Å²) in [6.07, 6.45) is 1.63. The van der Waals surface area contributed by atoms with Crippen LogP contribution < -0.4 is 4.72 Å². The van der Waals surface area contributed by atoms with Gasteiger partial charge in [-0.2, -0.15) is 0 Å². The smallest absolute Gasteiger partial charge is 0.325 e. The van der Waals surface area contributed by atoms with Gasteiger partial charge >= 0.3 is 5.97 Å². The predicted molar refractivity (Wildman–Crippen MR) is 75.4 cm³/mol. The highest BCUT2D eigenvalue weighted by Crippen LogP contribution is 2.15. The average Bonchev–Trinajstić information content (AvgIpc) is 2.26. The van der Waals surface area contributed by atoms with Gasteiger partial charge in [0.05, 0.1) is 0 Å². The van der Waals surface area contributed by atoms with E-state index in [0.717, 1.165) is 0 Å². The number of halogens is 1. The van der Waals surface area contributed by atoms with Gasteiger partial charge in [0.2, 0.25) is 0 Å². The quantitative estimate of drug-likeness (QED) is 0.810. The van der Waals surface area contributed by atoms with Gasteiger partial charge in [-0.25, -0.2) is 0 Å². The first-order valence-electron chi connectivity index (χ1n) is 5.71. The van der Waals surface area contributed by atoms with Crippen LogP contribution >= 0.6 is 11.6 Å². The van der Waals surface area contributed by atoms with Gasteiger partial charge in [0.25, 0.3) is 0 Å². The van der Waals surface area contributed by atoms with Crippen LogP contribution in [0.3, 0.4) is 0 Å². The number of hydrogen-bond acceptors (Lipinski definition) is 4. The van der Waals surface area contributed by atoms with Crippen molar-refractivity contribution in [2.24, 2.45) is 0 Å². The lowest BCUT2D eigenvalue weighted by Crippen LogP contribution is -2.48. The predicted octanol–water partition coefficient (Wildman–Crippen LogP) is 1.78. The van der Waals surface area contributed by atoms with E-state index in [1.54, 1.807) is 32.9 Å². The van der Waals surface area contributed by atoms with Gasteiger partial charge in [-0.05, 0) is 32.9 Å². The number of nitrogens with one attached hydrogen (secondary N) is 1. The second-order valence-electron chi connectivity index (χ2n) is 5.06. The summed E-state index contributed by atoms with van der Waals surface area (Å²) in [5, 5.41) is 9.65. The Morgan fingerprint density at radius 3 is 2.74 bits per heavy atom. The molecule has 5 nitrogen and oxygen atoms in total. The van der Waals surface area contributed by atoms with Crippen molar-refractivity contribution in [3.63, 3.8) is 0 Å². The largest absolute Gasteiger partial charge is 0.598 e. The summed E-state index contributed by atoms with van der Waals surface area (Å²) in [6, 6.07) is 2.24. The lowest BCUT2D eigenvalue weighted by molar-refractivity contribution is -0.138. The number of pyridine rings is 1. The summed E-state index contributed by atoms with van der Waals surface area (Å²) in [5.41, 5.74) is 0.540. The molecule has 0 aliphatic carbocycles. The maximum absolute atomic E-state index is 11.9. The van der Waals surface area contributed by atoms with Crippen molar-refractivity contribution in [2.45, 2.75) is 38.0 Å². The van der Waals surface area contributed by atoms with Crippen LogP contribution in [0.5, 0.6) is 0 Å². The Morgan fingerprint density at radius 2 is 2.26 bits per heavy atom. The zero-order valence-electron chi connectivity index (χ0n) is 11.0. The Morgan fingerprint density at radius 1 is 1.63 bits per heavy atom. The molecule has 0 bridgehead atoms. The minimum absolute atomic E-state index is 0.123. The molecule has 0 radical (unpaired) electrons. The average molecular weight is 305 g/mol. The van der Waals surface area contributed by atoms with E-state index in [1.165, 1.54) is 6.20 Å². The monoisotopic (exact) mass is 304 g/mol. The molecular formula is C12H17ClN2O3S. The third kappa shape index (κ3) is 5.36. The number of rotatable bonds is 5. The lowest BCUT2D eigenvalue weighted by atomic mass is 10.1. The normalized spacial score (nSPS) is 15.0. The van der Waals surface area contributed by atoms with E-state index in [1.807, 2.05) is 0 Å². The first-order valence-corrected chi connectivity index (χ1v) is 7.24. The summed E-state index contributed by atoms with van der Waals surface area (Å²) in [7, 11) is 0. The molecule has 19 heavy (non-hydrogen) atoms. The fourth-order valence-electron chi connectivity index (χ4n) is 1.25. The van der Waals surface area contributed by atoms with Crippen LogP contribution in [0.2, 0.25) is 5.02 Å². The molecule has 0 unspecified atom stereocenters. The molecular weight excluding hydrogens is 288 g/mol. The van der Waals surface area contributed by atoms with Crippen LogP contribution in [0.15, 0.2) is 18.3 Å². The van der Waals surface area contributed by atoms with Gasteiger partial charge < -0.3 is 9.66 Å². The molecule has 0 aliphatic rings. The Bertz CT molecular complexity index is 451. The van der Waals surface area contributed by atoms with Gasteiger partial charge in [-0.3, -0.25) is 9.78 Å². The number of carboxylic acid groups (broad SMARTS) is 1. The molecule has 1 rings (SSSR count). The number of aliphatic carboxylic acids is 1. The molecule has 1 aromatic rings. The molecule has 2 N–H and O–H groups in total. The summed E-state index contributed by atoms with van der Waals surface area (Å²) >= 11 is 4.36. The number of carbonyl (C=O) groups is 1. The molecule has 2 atom stereocenters. The Kier molecular flexibility index (Phi) is 5.61. The SMILES string of the molecule is CC(C)(C)[S@+]([O-])N[C@@H](Cc1cc(Cl)ccn1)C(=O)O. The topological polar surface area (TPSA) is 85.3 Å². The Labute approximate surface area is 120 Å². The number of carboxylic acids is 1. The van der Waals surface area contributed by atoms with E-state index in [-0.39, 0.29) is 6.42 Å². The highest BCUT2D eigenvalue weighted by Gasteiger charge is 2.32. The van der Waals surface area contributed by atoms with E-state index in [0.29, 0.717) is 10.7 Å². The molecule has 7 heteroatoms. The Balaban J connectivity index is 2.77. The number of nitrogens with zero attached hydrogens (tertiary/aromatic N) is 1. The zero-order valence-corrected chi connectivity index (χ0v) is 12.6. The fraction of sp³-hybridized carbons (Fsp3) is 0.500. The van der Waals surface area contributed by atoms with Crippen LogP contribution in [0, 0.1) is 0 Å². The van der Waals surface area contributed by atoms with Gasteiger partial charge in [0, 0.05) is 34.7 Å². The Hall–Kier alpha value is -0.820. The van der Waals surface area contributed by atoms with Gasteiger partial charge in [-0.15, -0.1) is 4.72 Å². The maximum Gasteiger partial charge on any atom is 0.325 e. The van der Waals surface area contributed by atoms with E-state index < -0.39 is 28.1 Å². The van der Waals surface area contributed by atoms with E-state index >= 15 is 0 Å². The standard InChI is InChI=1S/C12H17ClN2O3S/c1-12(2,3)19(18)15-10(11(16)17)7-9-6-8(13)4-5-14-9/h4-6,10,15H,7H2,1-3H3,(H,16,17)/t10-,19-/m0/s1. The molecule has 1 heterocycles. The maximum atomic E-state index is 11.9. The fourth-order valence-corrected chi connectivity index (χ4v) is 2.23. The molecule has 0 aromatic carbocycles. The highest BCUT2D eigenvalue weighted by molar-refractivity contribution is 7.90. The molecule has 0 saturated carbocycles. The van der Waals surface area contributed by atoms with Crippen LogP contribution in [0.4, 0.5) is 0 Å². The molecule has 0 aliphatic heterocycles. The molecule has 106 valence electrons. The number of aromatic nitrogens is 1. The summed E-state index contributed by atoms with van der Waals surface area (Å²) in [5.74, 6) is -1.07. The third-order valence-corrected chi connectivity index (χ3v) is 4.14. The molecule has 0 fully saturated rings. The second kappa shape index (κ2) is 6.56. The van der Waals surface area contributed by atoms with E-state index in [4.69, 9.17) is 16.7 Å². The summed E-state index contributed by atoms with van der Waals surface area (Å²) < 4.78 is 14.0. The molecule has 0 amide bonds. The van der Waals surface area contributed by atoms with Crippen LogP contribution in [-0.4, -0.2) is 31.4 Å². The summed E-state index contributed by atoms with van der Waals surface area (Å²) in [4.78, 5) is 15.2. The van der Waals surface area contributed by atoms with Crippen molar-refractivity contribution in [3.8, 4) is 0 Å². The highest BCUT2D eigenvalue weighted by atomic mass is 35.5. The third-order valence-electron chi connectivity index (χ3n) is 2.30. The first-order chi connectivity index (χ1) is 8.70. The lowest BCUT2D eigenvalue weighted by Gasteiger charge is -2.26. The van der Waals surface area contributed by atoms with Crippen molar-refractivity contribution in [2.75, 3.05) is 0 Å². The zero-order chi connectivity index (χ0) is 14.6. The van der Waals surface area contributed by atoms with Crippen LogP contribution in [-0.2, 0) is 22.6 Å². The van der Waals surface area contributed by atoms with Crippen LogP contribution in [0.25, 0.3) is 0 Å². The molecule has 1 aromatic heterocycles. The molecule has 0 spiro atoms. The van der Waals surface area contributed by atoms with Gasteiger partial charge in [0.1, 0.15) is 4.75 Å². The van der Waals surface area contributed by atoms with Gasteiger partial charge in [0.15, 0.2) is 6.04 Å². The van der Waals surface area contributed by atoms with Gasteiger partial charge in [-0.1, -0.05) is 11.6 Å². The van der Waals surface area contributed by atoms with E-state index in [2.05, 4.69) is 9.71 Å². The minimum Gasteiger partial charge on any atom is -0.598 e. The number of hydrogen-bond donors (Lipinski definition) is 2. The van der Waals surface area contributed by atoms with Crippen LogP contribution in [0.1, 0.15) is 26.5 Å². The molecule has 0 saturated heterocycles. The van der Waals surface area contributed by atoms with Crippen molar-refractivity contribution in [3.05, 3.63) is 29.0 Å². The van der Waals surface area contributed by atoms with E-state index in [9.17, 15) is 9.35 Å².